The Morgan fingerprint density at radius 2 is 1.91 bits per heavy atom. The van der Waals surface area contributed by atoms with Crippen molar-refractivity contribution in [1.29, 1.82) is 5.41 Å². The molecule has 1 fully saturated rings. The quantitative estimate of drug-likeness (QED) is 0.303. The lowest BCUT2D eigenvalue weighted by atomic mass is 10.1. The minimum absolute atomic E-state index is 0.370. The fraction of sp³-hybridized carbons (Fsp3) is 0.423. The number of pyridine rings is 2. The van der Waals surface area contributed by atoms with Crippen molar-refractivity contribution in [2.45, 2.75) is 26.2 Å². The first kappa shape index (κ1) is 24.7. The van der Waals surface area contributed by atoms with Crippen LogP contribution in [0.5, 0.6) is 0 Å². The fourth-order valence-electron chi connectivity index (χ4n) is 3.99. The molecule has 1 aliphatic heterocycles. The molecule has 0 spiro atoms. The molecular weight excluding hydrogens is 438 g/mol. The van der Waals surface area contributed by atoms with Gasteiger partial charge < -0.3 is 25.8 Å². The van der Waals surface area contributed by atoms with E-state index >= 15 is 0 Å². The minimum atomic E-state index is 0.370. The third-order valence-electron chi connectivity index (χ3n) is 6.27. The molecule has 1 saturated heterocycles. The number of nitrogens with one attached hydrogen (secondary N) is 3. The lowest BCUT2D eigenvalue weighted by Gasteiger charge is -2.32. The zero-order valence-electron chi connectivity index (χ0n) is 20.8. The summed E-state index contributed by atoms with van der Waals surface area (Å²) >= 11 is 0. The van der Waals surface area contributed by atoms with Gasteiger partial charge in [-0.25, -0.2) is 4.98 Å². The molecular formula is C26H35N9. The summed E-state index contributed by atoms with van der Waals surface area (Å²) in [6.45, 7) is 10.8. The summed E-state index contributed by atoms with van der Waals surface area (Å²) in [4.78, 5) is 14.1. The van der Waals surface area contributed by atoms with Gasteiger partial charge in [-0.2, -0.15) is 5.10 Å². The van der Waals surface area contributed by atoms with Crippen molar-refractivity contribution in [3.63, 3.8) is 0 Å². The fourth-order valence-corrected chi connectivity index (χ4v) is 3.99. The molecule has 3 N–H and O–H groups in total. The van der Waals surface area contributed by atoms with Gasteiger partial charge in [0.05, 0.1) is 17.2 Å². The van der Waals surface area contributed by atoms with Crippen LogP contribution in [0.25, 0.3) is 16.6 Å². The smallest absolute Gasteiger partial charge is 0.154 e. The van der Waals surface area contributed by atoms with E-state index in [1.54, 1.807) is 12.4 Å². The topological polar surface area (TPSA) is 106 Å². The van der Waals surface area contributed by atoms with Crippen LogP contribution in [0.2, 0.25) is 0 Å². The summed E-state index contributed by atoms with van der Waals surface area (Å²) in [5.41, 5.74) is 4.29. The number of allylic oxidation sites excluding steroid dienone is 1. The standard InChI is InChI=1S/C26H35N9/c1-19(2)20-14-26(33-30-18-20)32-25-6-5-23-24(31-25)13-21(17-29-23)22(15-27)16-28-7-4-8-35-11-9-34(3)10-12-35/h5-6,13-19,27-28H,4,7-12H2,1-3H3,(H,31,32,33)/b22-16+,27-15?. The first-order valence-electron chi connectivity index (χ1n) is 12.2. The van der Waals surface area contributed by atoms with Gasteiger partial charge in [-0.05, 0) is 55.8 Å². The Morgan fingerprint density at radius 3 is 2.69 bits per heavy atom. The van der Waals surface area contributed by atoms with Gasteiger partial charge >= 0.3 is 0 Å². The second-order valence-electron chi connectivity index (χ2n) is 9.31. The van der Waals surface area contributed by atoms with E-state index in [9.17, 15) is 0 Å². The number of anilines is 2. The summed E-state index contributed by atoms with van der Waals surface area (Å²) in [6.07, 6.45) is 7.89. The maximum atomic E-state index is 7.89. The van der Waals surface area contributed by atoms with Crippen LogP contribution in [-0.4, -0.2) is 82.5 Å². The Morgan fingerprint density at radius 1 is 1.09 bits per heavy atom. The van der Waals surface area contributed by atoms with Gasteiger partial charge in [-0.3, -0.25) is 4.98 Å². The van der Waals surface area contributed by atoms with Crippen LogP contribution in [0, 0.1) is 5.41 Å². The van der Waals surface area contributed by atoms with E-state index in [1.165, 1.54) is 6.21 Å². The summed E-state index contributed by atoms with van der Waals surface area (Å²) < 4.78 is 0. The van der Waals surface area contributed by atoms with Crippen LogP contribution in [0.15, 0.2) is 42.9 Å². The van der Waals surface area contributed by atoms with Crippen molar-refractivity contribution >= 4 is 34.5 Å². The van der Waals surface area contributed by atoms with Crippen LogP contribution >= 0.6 is 0 Å². The SMILES string of the molecule is CC(C)c1cnnc(Nc2ccc3ncc(/C(C=N)=C/NCCCN4CCN(C)CC4)cc3n2)c1. The molecule has 1 aliphatic rings. The molecule has 9 nitrogen and oxygen atoms in total. The largest absolute Gasteiger partial charge is 0.390 e. The third-order valence-corrected chi connectivity index (χ3v) is 6.27. The molecule has 3 aromatic heterocycles. The number of fused-ring (bicyclic) bond motifs is 1. The molecule has 0 unspecified atom stereocenters. The van der Waals surface area contributed by atoms with E-state index in [2.05, 4.69) is 56.5 Å². The number of hydrogen-bond acceptors (Lipinski definition) is 9. The molecule has 0 bridgehead atoms. The second-order valence-corrected chi connectivity index (χ2v) is 9.31. The summed E-state index contributed by atoms with van der Waals surface area (Å²) in [5, 5.41) is 22.7. The third kappa shape index (κ3) is 6.80. The Hall–Kier alpha value is -3.43. The highest BCUT2D eigenvalue weighted by molar-refractivity contribution is 6.08. The first-order valence-corrected chi connectivity index (χ1v) is 12.2. The van der Waals surface area contributed by atoms with Crippen LogP contribution in [0.1, 0.15) is 37.3 Å². The molecule has 0 aromatic carbocycles. The van der Waals surface area contributed by atoms with Gasteiger partial charge in [0.25, 0.3) is 0 Å². The molecule has 184 valence electrons. The molecule has 0 amide bonds. The van der Waals surface area contributed by atoms with Crippen molar-refractivity contribution in [2.24, 2.45) is 0 Å². The van der Waals surface area contributed by atoms with Crippen molar-refractivity contribution in [2.75, 3.05) is 51.6 Å². The van der Waals surface area contributed by atoms with E-state index in [-0.39, 0.29) is 0 Å². The summed E-state index contributed by atoms with van der Waals surface area (Å²) in [7, 11) is 2.18. The van der Waals surface area contributed by atoms with Gasteiger partial charge in [0, 0.05) is 62.5 Å². The van der Waals surface area contributed by atoms with Gasteiger partial charge in [-0.1, -0.05) is 13.8 Å². The van der Waals surface area contributed by atoms with Crippen molar-refractivity contribution in [1.82, 2.24) is 35.3 Å². The van der Waals surface area contributed by atoms with E-state index in [4.69, 9.17) is 10.4 Å². The van der Waals surface area contributed by atoms with Gasteiger partial charge in [0.15, 0.2) is 5.82 Å². The highest BCUT2D eigenvalue weighted by Crippen LogP contribution is 2.21. The zero-order valence-corrected chi connectivity index (χ0v) is 20.8. The summed E-state index contributed by atoms with van der Waals surface area (Å²) in [6, 6.07) is 7.77. The van der Waals surface area contributed by atoms with Crippen LogP contribution in [0.3, 0.4) is 0 Å². The minimum Gasteiger partial charge on any atom is -0.390 e. The highest BCUT2D eigenvalue weighted by atomic mass is 15.2. The van der Waals surface area contributed by atoms with Crippen LogP contribution < -0.4 is 10.6 Å². The zero-order chi connectivity index (χ0) is 24.6. The molecule has 0 atom stereocenters. The number of piperazine rings is 1. The molecule has 3 aromatic rings. The number of rotatable bonds is 10. The molecule has 0 radical (unpaired) electrons. The van der Waals surface area contributed by atoms with Gasteiger partial charge in [0.1, 0.15) is 5.82 Å². The number of likely N-dealkylation sites (N-methyl/N-ethyl adjacent to an activating group) is 1. The molecule has 0 aliphatic carbocycles. The van der Waals surface area contributed by atoms with Crippen LogP contribution in [-0.2, 0) is 0 Å². The Balaban J connectivity index is 1.39. The Labute approximate surface area is 207 Å². The predicted molar refractivity (Wildman–Crippen MR) is 142 cm³/mol. The Kier molecular flexibility index (Phi) is 8.33. The van der Waals surface area contributed by atoms with E-state index < -0.39 is 0 Å². The molecule has 0 saturated carbocycles. The molecule has 35 heavy (non-hydrogen) atoms. The second kappa shape index (κ2) is 11.8. The van der Waals surface area contributed by atoms with Crippen LogP contribution in [0.4, 0.5) is 11.6 Å². The van der Waals surface area contributed by atoms with Crippen molar-refractivity contribution < 1.29 is 0 Å². The monoisotopic (exact) mass is 473 g/mol. The normalized spacial score (nSPS) is 15.5. The average Bonchev–Trinajstić information content (AvgIpc) is 2.87. The lowest BCUT2D eigenvalue weighted by Crippen LogP contribution is -2.45. The van der Waals surface area contributed by atoms with Gasteiger partial charge in [-0.15, -0.1) is 5.10 Å². The number of aromatic nitrogens is 4. The highest BCUT2D eigenvalue weighted by Gasteiger charge is 2.12. The maximum absolute atomic E-state index is 7.89. The number of hydrogen-bond donors (Lipinski definition) is 3. The van der Waals surface area contributed by atoms with E-state index in [1.807, 2.05) is 30.5 Å². The Bertz CT molecular complexity index is 1170. The number of nitrogens with zero attached hydrogens (tertiary/aromatic N) is 6. The molecule has 4 rings (SSSR count). The lowest BCUT2D eigenvalue weighted by molar-refractivity contribution is 0.153. The van der Waals surface area contributed by atoms with Crippen molar-refractivity contribution in [3.8, 4) is 0 Å². The average molecular weight is 474 g/mol. The maximum Gasteiger partial charge on any atom is 0.154 e. The first-order chi connectivity index (χ1) is 17.0. The predicted octanol–water partition coefficient (Wildman–Crippen LogP) is 3.50. The van der Waals surface area contributed by atoms with E-state index in [0.717, 1.165) is 73.4 Å². The van der Waals surface area contributed by atoms with E-state index in [0.29, 0.717) is 17.6 Å². The van der Waals surface area contributed by atoms with Crippen molar-refractivity contribution in [3.05, 3.63) is 54.0 Å². The molecule has 4 heterocycles. The molecule has 9 heteroatoms. The van der Waals surface area contributed by atoms with Gasteiger partial charge in [0.2, 0.25) is 0 Å². The summed E-state index contributed by atoms with van der Waals surface area (Å²) in [5.74, 6) is 1.70.